The Morgan fingerprint density at radius 3 is 2.88 bits per heavy atom. The molecule has 0 spiro atoms. The van der Waals surface area contributed by atoms with Crippen molar-refractivity contribution in [3.8, 4) is 11.8 Å². The van der Waals surface area contributed by atoms with E-state index in [2.05, 4.69) is 23.9 Å². The highest BCUT2D eigenvalue weighted by atomic mass is 16.6. The highest BCUT2D eigenvalue weighted by Gasteiger charge is 2.48. The summed E-state index contributed by atoms with van der Waals surface area (Å²) in [5.74, 6) is 5.85. The summed E-state index contributed by atoms with van der Waals surface area (Å²) in [6, 6.07) is 0. The van der Waals surface area contributed by atoms with Crippen molar-refractivity contribution in [1.82, 2.24) is 0 Å². The van der Waals surface area contributed by atoms with E-state index in [1.54, 1.807) is 0 Å². The number of hydrogen-bond acceptors (Lipinski definition) is 5. The fourth-order valence-electron chi connectivity index (χ4n) is 3.98. The summed E-state index contributed by atoms with van der Waals surface area (Å²) in [6.07, 6.45) is 4.82. The van der Waals surface area contributed by atoms with Gasteiger partial charge in [0.1, 0.15) is 6.61 Å². The molecule has 2 saturated carbocycles. The van der Waals surface area contributed by atoms with Crippen LogP contribution in [-0.4, -0.2) is 39.7 Å². The second kappa shape index (κ2) is 9.63. The number of aliphatic hydroxyl groups is 2. The number of nitrogens with zero attached hydrogens (tertiary/aromatic N) is 1. The number of carboxylic acid groups (broad SMARTS) is 1. The molecule has 2 aliphatic rings. The molecule has 26 heavy (non-hydrogen) atoms. The molecule has 2 fully saturated rings. The van der Waals surface area contributed by atoms with Gasteiger partial charge in [-0.05, 0) is 56.4 Å². The molecule has 0 bridgehead atoms. The van der Waals surface area contributed by atoms with E-state index >= 15 is 0 Å². The smallest absolute Gasteiger partial charge is 0.306 e. The molecule has 2 rings (SSSR count). The predicted octanol–water partition coefficient (Wildman–Crippen LogP) is 3.12. The van der Waals surface area contributed by atoms with Crippen LogP contribution < -0.4 is 0 Å². The number of aliphatic hydroxyl groups excluding tert-OH is 2. The van der Waals surface area contributed by atoms with Gasteiger partial charge < -0.3 is 20.2 Å². The van der Waals surface area contributed by atoms with E-state index in [0.29, 0.717) is 18.8 Å². The number of carboxylic acids is 1. The number of carbonyl (C=O) groups is 1. The van der Waals surface area contributed by atoms with Crippen LogP contribution in [0.15, 0.2) is 17.0 Å². The summed E-state index contributed by atoms with van der Waals surface area (Å²) in [7, 11) is 0. The Labute approximate surface area is 154 Å². The SMILES string of the molecule is CC#CCC(C)C/C=C(/O)[C@H]1[C@@H]2C/C(=N/OCCC(=O)O)C[C@@H]2C[C@@H]1O. The Bertz CT molecular complexity index is 615. The average Bonchev–Trinajstić information content (AvgIpc) is 3.10. The van der Waals surface area contributed by atoms with Crippen molar-refractivity contribution < 1.29 is 25.0 Å². The van der Waals surface area contributed by atoms with Crippen molar-refractivity contribution in [1.29, 1.82) is 0 Å². The second-order valence-electron chi connectivity index (χ2n) is 7.40. The summed E-state index contributed by atoms with van der Waals surface area (Å²) in [6.45, 7) is 3.97. The largest absolute Gasteiger partial charge is 0.512 e. The summed E-state index contributed by atoms with van der Waals surface area (Å²) < 4.78 is 0. The van der Waals surface area contributed by atoms with Crippen molar-refractivity contribution in [2.75, 3.05) is 6.61 Å². The topological polar surface area (TPSA) is 99.4 Å². The van der Waals surface area contributed by atoms with Gasteiger partial charge in [-0.25, -0.2) is 0 Å². The highest BCUT2D eigenvalue weighted by Crippen LogP contribution is 2.49. The lowest BCUT2D eigenvalue weighted by Crippen LogP contribution is -2.22. The normalized spacial score (nSPS) is 30.6. The van der Waals surface area contributed by atoms with Crippen LogP contribution in [0.1, 0.15) is 52.4 Å². The first-order valence-corrected chi connectivity index (χ1v) is 9.28. The number of hydrogen-bond donors (Lipinski definition) is 3. The van der Waals surface area contributed by atoms with Gasteiger partial charge in [0.15, 0.2) is 0 Å². The van der Waals surface area contributed by atoms with E-state index in [4.69, 9.17) is 9.94 Å². The van der Waals surface area contributed by atoms with Crippen molar-refractivity contribution in [3.63, 3.8) is 0 Å². The molecule has 0 aromatic carbocycles. The van der Waals surface area contributed by atoms with Gasteiger partial charge in [-0.1, -0.05) is 12.1 Å². The first-order chi connectivity index (χ1) is 12.4. The van der Waals surface area contributed by atoms with E-state index in [0.717, 1.165) is 25.0 Å². The van der Waals surface area contributed by atoms with Gasteiger partial charge in [0.05, 0.1) is 24.0 Å². The third kappa shape index (κ3) is 5.50. The Kier molecular flexibility index (Phi) is 7.52. The van der Waals surface area contributed by atoms with Crippen LogP contribution in [0.25, 0.3) is 0 Å². The highest BCUT2D eigenvalue weighted by molar-refractivity contribution is 5.86. The van der Waals surface area contributed by atoms with Gasteiger partial charge in [0.2, 0.25) is 0 Å². The Morgan fingerprint density at radius 2 is 2.19 bits per heavy atom. The third-order valence-electron chi connectivity index (χ3n) is 5.29. The molecule has 144 valence electrons. The lowest BCUT2D eigenvalue weighted by molar-refractivity contribution is -0.138. The molecular formula is C20H29NO5. The van der Waals surface area contributed by atoms with Crippen LogP contribution in [0, 0.1) is 35.5 Å². The minimum absolute atomic E-state index is 0.0594. The molecule has 5 atom stereocenters. The standard InChI is InChI=1S/C20H29NO5/c1-3-4-5-13(2)6-7-17(22)20-16-12-15(10-14(16)11-18(20)23)21-26-9-8-19(24)25/h7,13-14,16,18,20,22-23H,5-6,8-12H2,1-2H3,(H,24,25)/b17-7+,21-15+/t13?,14-,16-,18+,20-/m1/s1. The average molecular weight is 363 g/mol. The van der Waals surface area contributed by atoms with Crippen molar-refractivity contribution in [2.24, 2.45) is 28.8 Å². The maximum atomic E-state index is 10.5. The minimum Gasteiger partial charge on any atom is -0.512 e. The molecular weight excluding hydrogens is 334 g/mol. The lowest BCUT2D eigenvalue weighted by atomic mass is 9.88. The molecule has 0 amide bonds. The van der Waals surface area contributed by atoms with Crippen molar-refractivity contribution >= 4 is 11.7 Å². The molecule has 6 heteroatoms. The molecule has 0 aromatic heterocycles. The molecule has 0 saturated heterocycles. The fraction of sp³-hybridized carbons (Fsp3) is 0.700. The molecule has 0 aliphatic heterocycles. The van der Waals surface area contributed by atoms with Crippen LogP contribution in [0.3, 0.4) is 0 Å². The van der Waals surface area contributed by atoms with Gasteiger partial charge in [0.25, 0.3) is 0 Å². The molecule has 0 aromatic rings. The zero-order valence-electron chi connectivity index (χ0n) is 15.5. The quantitative estimate of drug-likeness (QED) is 0.266. The zero-order valence-corrected chi connectivity index (χ0v) is 15.5. The first kappa shape index (κ1) is 20.3. The van der Waals surface area contributed by atoms with Crippen LogP contribution >= 0.6 is 0 Å². The second-order valence-corrected chi connectivity index (χ2v) is 7.40. The lowest BCUT2D eigenvalue weighted by Gasteiger charge is -2.20. The summed E-state index contributed by atoms with van der Waals surface area (Å²) in [5.41, 5.74) is 0.890. The number of rotatable bonds is 8. The summed E-state index contributed by atoms with van der Waals surface area (Å²) >= 11 is 0. The van der Waals surface area contributed by atoms with Crippen LogP contribution in [0.5, 0.6) is 0 Å². The Balaban J connectivity index is 1.92. The van der Waals surface area contributed by atoms with Gasteiger partial charge in [-0.2, -0.15) is 0 Å². The number of allylic oxidation sites excluding steroid dienone is 1. The monoisotopic (exact) mass is 363 g/mol. The number of aliphatic carboxylic acids is 1. The van der Waals surface area contributed by atoms with E-state index in [1.807, 2.05) is 13.0 Å². The first-order valence-electron chi connectivity index (χ1n) is 9.28. The Hall–Kier alpha value is -2.00. The minimum atomic E-state index is -0.911. The van der Waals surface area contributed by atoms with Crippen molar-refractivity contribution in [3.05, 3.63) is 11.8 Å². The van der Waals surface area contributed by atoms with Crippen LogP contribution in [-0.2, 0) is 9.63 Å². The van der Waals surface area contributed by atoms with E-state index in [1.165, 1.54) is 0 Å². The molecule has 1 unspecified atom stereocenters. The maximum Gasteiger partial charge on any atom is 0.306 e. The number of fused-ring (bicyclic) bond motifs is 1. The molecule has 6 nitrogen and oxygen atoms in total. The van der Waals surface area contributed by atoms with E-state index in [9.17, 15) is 15.0 Å². The molecule has 2 aliphatic carbocycles. The summed E-state index contributed by atoms with van der Waals surface area (Å²) in [5, 5.41) is 33.6. The summed E-state index contributed by atoms with van der Waals surface area (Å²) in [4.78, 5) is 15.6. The fourth-order valence-corrected chi connectivity index (χ4v) is 3.98. The van der Waals surface area contributed by atoms with Gasteiger partial charge in [-0.3, -0.25) is 4.79 Å². The zero-order chi connectivity index (χ0) is 19.1. The predicted molar refractivity (Wildman–Crippen MR) is 98.5 cm³/mol. The number of oxime groups is 1. The molecule has 3 N–H and O–H groups in total. The van der Waals surface area contributed by atoms with Gasteiger partial charge >= 0.3 is 5.97 Å². The van der Waals surface area contributed by atoms with Crippen LogP contribution in [0.4, 0.5) is 0 Å². The molecule has 0 radical (unpaired) electrons. The molecule has 0 heterocycles. The van der Waals surface area contributed by atoms with Gasteiger partial charge in [-0.15, -0.1) is 11.8 Å². The van der Waals surface area contributed by atoms with E-state index < -0.39 is 12.1 Å². The Morgan fingerprint density at radius 1 is 1.42 bits per heavy atom. The van der Waals surface area contributed by atoms with Crippen LogP contribution in [0.2, 0.25) is 0 Å². The maximum absolute atomic E-state index is 10.5. The van der Waals surface area contributed by atoms with E-state index in [-0.39, 0.29) is 36.5 Å². The van der Waals surface area contributed by atoms with Gasteiger partial charge in [0, 0.05) is 12.3 Å². The van der Waals surface area contributed by atoms with Crippen molar-refractivity contribution in [2.45, 2.75) is 58.5 Å². The third-order valence-corrected chi connectivity index (χ3v) is 5.29.